The number of benzene rings is 2. The van der Waals surface area contributed by atoms with E-state index in [1.54, 1.807) is 18.2 Å². The summed E-state index contributed by atoms with van der Waals surface area (Å²) in [6, 6.07) is 15.1. The Balaban J connectivity index is 1.48. The van der Waals surface area contributed by atoms with E-state index in [1.165, 1.54) is 24.8 Å². The zero-order chi connectivity index (χ0) is 18.4. The average Bonchev–Trinajstić information content (AvgIpc) is 3.07. The van der Waals surface area contributed by atoms with Crippen LogP contribution in [0, 0.1) is 5.82 Å². The summed E-state index contributed by atoms with van der Waals surface area (Å²) in [4.78, 5) is 14.4. The molecule has 0 spiro atoms. The second kappa shape index (κ2) is 8.63. The number of carbonyl (C=O) groups excluding carboxylic acids is 1. The maximum Gasteiger partial charge on any atom is 0.244 e. The van der Waals surface area contributed by atoms with Crippen molar-refractivity contribution in [3.05, 3.63) is 71.6 Å². The summed E-state index contributed by atoms with van der Waals surface area (Å²) in [6.45, 7) is 2.70. The first-order valence-electron chi connectivity index (χ1n) is 8.72. The van der Waals surface area contributed by atoms with Crippen LogP contribution in [0.25, 0.3) is 6.08 Å². The molecule has 1 heterocycles. The Labute approximate surface area is 153 Å². The third-order valence-corrected chi connectivity index (χ3v) is 4.47. The fourth-order valence-corrected chi connectivity index (χ4v) is 3.14. The molecular weight excluding hydrogens is 331 g/mol. The molecule has 5 heteroatoms. The number of hydrogen-bond acceptors (Lipinski definition) is 3. The summed E-state index contributed by atoms with van der Waals surface area (Å²) in [5.74, 6) is -0.411. The van der Waals surface area contributed by atoms with E-state index in [0.29, 0.717) is 5.56 Å². The first-order valence-corrected chi connectivity index (χ1v) is 8.72. The molecule has 0 aliphatic carbocycles. The molecule has 0 radical (unpaired) electrons. The van der Waals surface area contributed by atoms with Crippen molar-refractivity contribution < 1.29 is 13.9 Å². The lowest BCUT2D eigenvalue weighted by atomic mass is 10.2. The van der Waals surface area contributed by atoms with Crippen molar-refractivity contribution in [1.82, 2.24) is 10.2 Å². The van der Waals surface area contributed by atoms with Crippen LogP contribution < -0.4 is 10.1 Å². The van der Waals surface area contributed by atoms with Crippen molar-refractivity contribution in [1.29, 1.82) is 0 Å². The average molecular weight is 354 g/mol. The predicted octanol–water partition coefficient (Wildman–Crippen LogP) is 3.24. The van der Waals surface area contributed by atoms with Crippen LogP contribution >= 0.6 is 0 Å². The number of rotatable bonds is 6. The van der Waals surface area contributed by atoms with Gasteiger partial charge in [-0.15, -0.1) is 0 Å². The number of carbonyl (C=O) groups is 1. The Bertz CT molecular complexity index is 777. The summed E-state index contributed by atoms with van der Waals surface area (Å²) in [6.07, 6.45) is 3.99. The van der Waals surface area contributed by atoms with Gasteiger partial charge in [-0.2, -0.15) is 0 Å². The van der Waals surface area contributed by atoms with Gasteiger partial charge in [-0.1, -0.05) is 36.4 Å². The Morgan fingerprint density at radius 2 is 2.12 bits per heavy atom. The molecule has 136 valence electrons. The Morgan fingerprint density at radius 3 is 2.85 bits per heavy atom. The lowest BCUT2D eigenvalue weighted by molar-refractivity contribution is -0.117. The zero-order valence-electron chi connectivity index (χ0n) is 14.8. The highest BCUT2D eigenvalue weighted by molar-refractivity contribution is 5.91. The molecule has 4 nitrogen and oxygen atoms in total. The molecule has 0 bridgehead atoms. The molecular formula is C21H23FN2O2. The van der Waals surface area contributed by atoms with Gasteiger partial charge < -0.3 is 10.1 Å². The standard InChI is InChI=1S/C21H23FN2O2/c1-26-20-9-7-16(13-19(20)22)8-10-21(25)23-18-11-12-24(15-18)14-17-5-3-2-4-6-17/h2-10,13,18H,11-12,14-15H2,1H3,(H,23,25)/b10-8+. The van der Waals surface area contributed by atoms with E-state index in [1.807, 2.05) is 18.2 Å². The van der Waals surface area contributed by atoms with Crippen LogP contribution in [0.2, 0.25) is 0 Å². The van der Waals surface area contributed by atoms with Gasteiger partial charge in [0.15, 0.2) is 11.6 Å². The van der Waals surface area contributed by atoms with Crippen molar-refractivity contribution in [2.75, 3.05) is 20.2 Å². The van der Waals surface area contributed by atoms with Crippen LogP contribution in [-0.4, -0.2) is 37.0 Å². The lowest BCUT2D eigenvalue weighted by Gasteiger charge is -2.16. The number of nitrogens with one attached hydrogen (secondary N) is 1. The van der Waals surface area contributed by atoms with Gasteiger partial charge in [-0.3, -0.25) is 9.69 Å². The highest BCUT2D eigenvalue weighted by atomic mass is 19.1. The molecule has 26 heavy (non-hydrogen) atoms. The van der Waals surface area contributed by atoms with Gasteiger partial charge in [0.1, 0.15) is 0 Å². The van der Waals surface area contributed by atoms with E-state index in [4.69, 9.17) is 4.74 Å². The van der Waals surface area contributed by atoms with Gasteiger partial charge in [0.25, 0.3) is 0 Å². The van der Waals surface area contributed by atoms with Gasteiger partial charge in [0.05, 0.1) is 7.11 Å². The molecule has 1 amide bonds. The third-order valence-electron chi connectivity index (χ3n) is 4.47. The minimum atomic E-state index is -0.442. The summed E-state index contributed by atoms with van der Waals surface area (Å²) in [7, 11) is 1.42. The molecule has 1 fully saturated rings. The predicted molar refractivity (Wildman–Crippen MR) is 100 cm³/mol. The number of halogens is 1. The number of ether oxygens (including phenoxy) is 1. The summed E-state index contributed by atoms with van der Waals surface area (Å²) in [5, 5.41) is 3.02. The van der Waals surface area contributed by atoms with E-state index in [2.05, 4.69) is 22.3 Å². The number of amides is 1. The Morgan fingerprint density at radius 1 is 1.31 bits per heavy atom. The molecule has 1 atom stereocenters. The molecule has 1 aliphatic heterocycles. The summed E-state index contributed by atoms with van der Waals surface area (Å²) in [5.41, 5.74) is 1.90. The van der Waals surface area contributed by atoms with Crippen LogP contribution in [0.5, 0.6) is 5.75 Å². The normalized spacial score (nSPS) is 17.5. The first-order chi connectivity index (χ1) is 12.6. The van der Waals surface area contributed by atoms with Crippen molar-refractivity contribution >= 4 is 12.0 Å². The second-order valence-corrected chi connectivity index (χ2v) is 6.44. The van der Waals surface area contributed by atoms with Crippen molar-refractivity contribution in [3.63, 3.8) is 0 Å². The maximum absolute atomic E-state index is 13.7. The summed E-state index contributed by atoms with van der Waals surface area (Å²) < 4.78 is 18.5. The van der Waals surface area contributed by atoms with Gasteiger partial charge in [0.2, 0.25) is 5.91 Å². The fraction of sp³-hybridized carbons (Fsp3) is 0.286. The largest absolute Gasteiger partial charge is 0.494 e. The van der Waals surface area contributed by atoms with Crippen LogP contribution in [0.3, 0.4) is 0 Å². The summed E-state index contributed by atoms with van der Waals surface area (Å²) >= 11 is 0. The van der Waals surface area contributed by atoms with Crippen molar-refractivity contribution in [3.8, 4) is 5.75 Å². The van der Waals surface area contributed by atoms with Crippen LogP contribution in [0.1, 0.15) is 17.5 Å². The van der Waals surface area contributed by atoms with E-state index in [0.717, 1.165) is 26.1 Å². The van der Waals surface area contributed by atoms with Crippen LogP contribution in [0.4, 0.5) is 4.39 Å². The number of methoxy groups -OCH3 is 1. The van der Waals surface area contributed by atoms with Gasteiger partial charge >= 0.3 is 0 Å². The monoisotopic (exact) mass is 354 g/mol. The molecule has 1 saturated heterocycles. The first kappa shape index (κ1) is 18.1. The third kappa shape index (κ3) is 4.92. The van der Waals surface area contributed by atoms with Gasteiger partial charge in [0, 0.05) is 31.8 Å². The Hall–Kier alpha value is -2.66. The second-order valence-electron chi connectivity index (χ2n) is 6.44. The van der Waals surface area contributed by atoms with Gasteiger partial charge in [-0.25, -0.2) is 4.39 Å². The quantitative estimate of drug-likeness (QED) is 0.810. The highest BCUT2D eigenvalue weighted by Crippen LogP contribution is 2.18. The smallest absolute Gasteiger partial charge is 0.244 e. The minimum Gasteiger partial charge on any atom is -0.494 e. The zero-order valence-corrected chi connectivity index (χ0v) is 14.8. The molecule has 2 aromatic rings. The molecule has 0 saturated carbocycles. The van der Waals surface area contributed by atoms with Crippen molar-refractivity contribution in [2.45, 2.75) is 19.0 Å². The molecule has 1 unspecified atom stereocenters. The van der Waals surface area contributed by atoms with Crippen molar-refractivity contribution in [2.24, 2.45) is 0 Å². The fourth-order valence-electron chi connectivity index (χ4n) is 3.14. The Kier molecular flexibility index (Phi) is 6.02. The van der Waals surface area contributed by atoms with E-state index in [9.17, 15) is 9.18 Å². The molecule has 1 N–H and O–H groups in total. The maximum atomic E-state index is 13.7. The SMILES string of the molecule is COc1ccc(/C=C/C(=O)NC2CCN(Cc3ccccc3)C2)cc1F. The highest BCUT2D eigenvalue weighted by Gasteiger charge is 2.23. The molecule has 0 aromatic heterocycles. The topological polar surface area (TPSA) is 41.6 Å². The number of hydrogen-bond donors (Lipinski definition) is 1. The molecule has 1 aliphatic rings. The van der Waals surface area contributed by atoms with E-state index >= 15 is 0 Å². The molecule has 3 rings (SSSR count). The van der Waals surface area contributed by atoms with E-state index < -0.39 is 5.82 Å². The van der Waals surface area contributed by atoms with E-state index in [-0.39, 0.29) is 17.7 Å². The van der Waals surface area contributed by atoms with Crippen LogP contribution in [-0.2, 0) is 11.3 Å². The molecule has 2 aromatic carbocycles. The number of nitrogens with zero attached hydrogens (tertiary/aromatic N) is 1. The number of likely N-dealkylation sites (tertiary alicyclic amines) is 1. The minimum absolute atomic E-state index is 0.142. The lowest BCUT2D eigenvalue weighted by Crippen LogP contribution is -2.35. The van der Waals surface area contributed by atoms with Crippen LogP contribution in [0.15, 0.2) is 54.6 Å². The van der Waals surface area contributed by atoms with Gasteiger partial charge in [-0.05, 0) is 35.8 Å².